The van der Waals surface area contributed by atoms with Crippen LogP contribution in [-0.2, 0) is 14.3 Å². The summed E-state index contributed by atoms with van der Waals surface area (Å²) in [5.41, 5.74) is 0. The van der Waals surface area contributed by atoms with E-state index in [0.29, 0.717) is 12.8 Å². The summed E-state index contributed by atoms with van der Waals surface area (Å²) in [7, 11) is 0. The molecule has 9 unspecified atom stereocenters. The minimum Gasteiger partial charge on any atom is -0.394 e. The number of unbranched alkanes of at least 4 members (excludes halogenated alkanes) is 19. The maximum atomic E-state index is 13.0. The highest BCUT2D eigenvalue weighted by atomic mass is 16.7. The predicted molar refractivity (Wildman–Crippen MR) is 215 cm³/mol. The van der Waals surface area contributed by atoms with E-state index in [1.54, 1.807) is 0 Å². The summed E-state index contributed by atoms with van der Waals surface area (Å²) >= 11 is 0. The largest absolute Gasteiger partial charge is 0.394 e. The van der Waals surface area contributed by atoms with Gasteiger partial charge in [0.05, 0.1) is 25.4 Å². The molecule has 0 spiro atoms. The van der Waals surface area contributed by atoms with Gasteiger partial charge < -0.3 is 50.5 Å². The highest BCUT2D eigenvalue weighted by Crippen LogP contribution is 2.23. The molecule has 0 aromatic carbocycles. The van der Waals surface area contributed by atoms with Crippen LogP contribution in [0.1, 0.15) is 174 Å². The number of aliphatic hydroxyl groups is 7. The lowest BCUT2D eigenvalue weighted by atomic mass is 9.98. The second-order valence-corrected chi connectivity index (χ2v) is 15.4. The number of amides is 1. The molecule has 54 heavy (non-hydrogen) atoms. The lowest BCUT2D eigenvalue weighted by Gasteiger charge is -2.40. The summed E-state index contributed by atoms with van der Waals surface area (Å²) < 4.78 is 11.0. The predicted octanol–water partition coefficient (Wildman–Crippen LogP) is 6.28. The third-order valence-corrected chi connectivity index (χ3v) is 10.5. The van der Waals surface area contributed by atoms with Crippen LogP contribution in [-0.4, -0.2) is 110 Å². The molecule has 0 radical (unpaired) electrons. The molecule has 8 N–H and O–H groups in total. The van der Waals surface area contributed by atoms with E-state index in [-0.39, 0.29) is 12.8 Å². The molecule has 9 atom stereocenters. The van der Waals surface area contributed by atoms with Crippen molar-refractivity contribution in [1.29, 1.82) is 0 Å². The van der Waals surface area contributed by atoms with Crippen LogP contribution in [0.2, 0.25) is 0 Å². The maximum absolute atomic E-state index is 13.0. The lowest BCUT2D eigenvalue weighted by Crippen LogP contribution is -2.60. The average molecular weight is 772 g/mol. The Hall–Kier alpha value is -1.41. The van der Waals surface area contributed by atoms with Crippen LogP contribution < -0.4 is 5.32 Å². The van der Waals surface area contributed by atoms with Gasteiger partial charge in [0, 0.05) is 0 Å². The Morgan fingerprint density at radius 3 is 1.65 bits per heavy atom. The first-order valence-electron chi connectivity index (χ1n) is 21.7. The first-order valence-corrected chi connectivity index (χ1v) is 21.7. The van der Waals surface area contributed by atoms with Gasteiger partial charge >= 0.3 is 0 Å². The molecule has 1 heterocycles. The summed E-state index contributed by atoms with van der Waals surface area (Å²) in [6.07, 6.45) is 24.0. The van der Waals surface area contributed by atoms with Gasteiger partial charge in [-0.25, -0.2) is 0 Å². The topological polar surface area (TPSA) is 189 Å². The van der Waals surface area contributed by atoms with Crippen LogP contribution in [0.15, 0.2) is 24.3 Å². The molecule has 0 aliphatic carbocycles. The van der Waals surface area contributed by atoms with Crippen molar-refractivity contribution in [3.8, 4) is 0 Å². The molecule has 1 saturated heterocycles. The Bertz CT molecular complexity index is 934. The molecule has 11 nitrogen and oxygen atoms in total. The monoisotopic (exact) mass is 772 g/mol. The van der Waals surface area contributed by atoms with Crippen molar-refractivity contribution in [3.63, 3.8) is 0 Å². The normalized spacial score (nSPS) is 22.9. The quantitative estimate of drug-likeness (QED) is 0.0269. The van der Waals surface area contributed by atoms with Gasteiger partial charge in [-0.1, -0.05) is 141 Å². The second-order valence-electron chi connectivity index (χ2n) is 15.4. The van der Waals surface area contributed by atoms with E-state index in [1.807, 2.05) is 0 Å². The molecular weight excluding hydrogens is 690 g/mol. The van der Waals surface area contributed by atoms with Crippen molar-refractivity contribution >= 4 is 5.91 Å². The number of allylic oxidation sites excluding steroid dienone is 4. The van der Waals surface area contributed by atoms with Crippen LogP contribution in [0.4, 0.5) is 0 Å². The standard InChI is InChI=1S/C43H81NO10/c1-3-5-7-9-11-13-14-15-16-17-18-19-20-21-23-24-26-28-30-35(46)38(48)34(33-53-43-41(51)40(50)39(49)37(32-45)54-43)44-42(52)36(47)31-29-27-25-22-12-10-8-6-4-2/h10,12,23-24,34-41,43,45-51H,3-9,11,13-22,25-33H2,1-2H3,(H,44,52)/b12-10-,24-23+. The molecule has 1 aliphatic rings. The molecule has 318 valence electrons. The van der Waals surface area contributed by atoms with Gasteiger partial charge in [-0.15, -0.1) is 0 Å². The third-order valence-electron chi connectivity index (χ3n) is 10.5. The second kappa shape index (κ2) is 33.7. The molecule has 0 bridgehead atoms. The zero-order valence-electron chi connectivity index (χ0n) is 34.0. The molecule has 1 fully saturated rings. The third kappa shape index (κ3) is 23.6. The SMILES string of the molecule is CCCC/C=C\CCCCCC(O)C(=O)NC(COC1OC(CO)C(O)C(O)C1O)C(O)C(O)CCC/C=C/CCCCCCCCCCCCCCC. The van der Waals surface area contributed by atoms with E-state index in [9.17, 15) is 40.5 Å². The number of aliphatic hydroxyl groups excluding tert-OH is 7. The van der Waals surface area contributed by atoms with Gasteiger partial charge in [0.2, 0.25) is 5.91 Å². The van der Waals surface area contributed by atoms with Crippen LogP contribution in [0.3, 0.4) is 0 Å². The Labute approximate surface area is 327 Å². The van der Waals surface area contributed by atoms with Crippen molar-refractivity contribution < 1.29 is 50.0 Å². The van der Waals surface area contributed by atoms with Gasteiger partial charge in [0.1, 0.15) is 36.6 Å². The number of carbonyl (C=O) groups excluding carboxylic acids is 1. The lowest BCUT2D eigenvalue weighted by molar-refractivity contribution is -0.303. The first-order chi connectivity index (χ1) is 26.2. The fourth-order valence-corrected chi connectivity index (χ4v) is 6.77. The van der Waals surface area contributed by atoms with E-state index in [2.05, 4.69) is 43.5 Å². The van der Waals surface area contributed by atoms with E-state index in [1.165, 1.54) is 83.5 Å². The number of nitrogens with one attached hydrogen (secondary N) is 1. The molecular formula is C43H81NO10. The number of carbonyl (C=O) groups is 1. The molecule has 1 aliphatic heterocycles. The highest BCUT2D eigenvalue weighted by Gasteiger charge is 2.44. The minimum atomic E-state index is -1.67. The summed E-state index contributed by atoms with van der Waals surface area (Å²) in [4.78, 5) is 13.0. The van der Waals surface area contributed by atoms with E-state index in [0.717, 1.165) is 51.4 Å². The molecule has 11 heteroatoms. The van der Waals surface area contributed by atoms with Crippen molar-refractivity contribution in [1.82, 2.24) is 5.32 Å². The zero-order chi connectivity index (χ0) is 39.8. The summed E-state index contributed by atoms with van der Waals surface area (Å²) in [6, 6.07) is -1.19. The molecule has 1 rings (SSSR count). The Balaban J connectivity index is 2.49. The fourth-order valence-electron chi connectivity index (χ4n) is 6.77. The fraction of sp³-hybridized carbons (Fsp3) is 0.884. The van der Waals surface area contributed by atoms with Gasteiger partial charge in [-0.2, -0.15) is 0 Å². The van der Waals surface area contributed by atoms with Gasteiger partial charge in [0.15, 0.2) is 6.29 Å². The summed E-state index contributed by atoms with van der Waals surface area (Å²) in [5, 5.41) is 75.3. The summed E-state index contributed by atoms with van der Waals surface area (Å²) in [5.74, 6) is -0.723. The molecule has 0 aromatic heterocycles. The Kier molecular flexibility index (Phi) is 31.6. The van der Waals surface area contributed by atoms with Crippen LogP contribution in [0.25, 0.3) is 0 Å². The number of hydrogen-bond donors (Lipinski definition) is 8. The van der Waals surface area contributed by atoms with Crippen molar-refractivity contribution in [2.75, 3.05) is 13.2 Å². The molecule has 1 amide bonds. The van der Waals surface area contributed by atoms with E-state index in [4.69, 9.17) is 9.47 Å². The minimum absolute atomic E-state index is 0.232. The first kappa shape index (κ1) is 50.6. The zero-order valence-corrected chi connectivity index (χ0v) is 34.0. The van der Waals surface area contributed by atoms with Crippen molar-refractivity contribution in [2.45, 2.75) is 229 Å². The van der Waals surface area contributed by atoms with Crippen LogP contribution in [0.5, 0.6) is 0 Å². The van der Waals surface area contributed by atoms with E-state index < -0.39 is 74.2 Å². The van der Waals surface area contributed by atoms with Crippen molar-refractivity contribution in [3.05, 3.63) is 24.3 Å². The van der Waals surface area contributed by atoms with Gasteiger partial charge in [0.25, 0.3) is 0 Å². The smallest absolute Gasteiger partial charge is 0.249 e. The van der Waals surface area contributed by atoms with Gasteiger partial charge in [-0.3, -0.25) is 4.79 Å². The number of ether oxygens (including phenoxy) is 2. The number of hydrogen-bond acceptors (Lipinski definition) is 10. The number of rotatable bonds is 35. The molecule has 0 aromatic rings. The summed E-state index contributed by atoms with van der Waals surface area (Å²) in [6.45, 7) is 3.34. The van der Waals surface area contributed by atoms with Gasteiger partial charge in [-0.05, 0) is 57.8 Å². The Morgan fingerprint density at radius 2 is 1.11 bits per heavy atom. The maximum Gasteiger partial charge on any atom is 0.249 e. The average Bonchev–Trinajstić information content (AvgIpc) is 3.17. The Morgan fingerprint density at radius 1 is 0.630 bits per heavy atom. The highest BCUT2D eigenvalue weighted by molar-refractivity contribution is 5.80. The van der Waals surface area contributed by atoms with E-state index >= 15 is 0 Å². The van der Waals surface area contributed by atoms with Crippen LogP contribution >= 0.6 is 0 Å². The molecule has 0 saturated carbocycles. The van der Waals surface area contributed by atoms with Crippen LogP contribution in [0, 0.1) is 0 Å². The van der Waals surface area contributed by atoms with Crippen molar-refractivity contribution in [2.24, 2.45) is 0 Å².